The van der Waals surface area contributed by atoms with Gasteiger partial charge in [0.05, 0.1) is 5.75 Å². The molecule has 0 N–H and O–H groups in total. The van der Waals surface area contributed by atoms with Crippen LogP contribution in [0.4, 0.5) is 8.78 Å². The molecular weight excluding hydrogens is 346 g/mol. The number of aromatic nitrogens is 2. The number of rotatable bonds is 5. The summed E-state index contributed by atoms with van der Waals surface area (Å²) in [5.41, 5.74) is 0.0771. The number of hydrogen-bond donors (Lipinski definition) is 0. The van der Waals surface area contributed by atoms with Gasteiger partial charge in [0.1, 0.15) is 5.75 Å². The number of ether oxygens (including phenoxy) is 2. The molecule has 0 saturated heterocycles. The van der Waals surface area contributed by atoms with E-state index in [1.54, 1.807) is 0 Å². The van der Waals surface area contributed by atoms with Crippen molar-refractivity contribution in [3.8, 4) is 11.5 Å². The Morgan fingerprint density at radius 1 is 1.17 bits per heavy atom. The third-order valence-corrected chi connectivity index (χ3v) is 4.64. The topological polar surface area (TPSA) is 91.5 Å². The number of nitrogens with zero attached hydrogens (tertiary/aromatic N) is 2. The smallest absolute Gasteiger partial charge is 0.424 e. The average molecular weight is 360 g/mol. The number of para-hydroxylation sites is 1. The van der Waals surface area contributed by atoms with E-state index in [0.717, 1.165) is 0 Å². The van der Waals surface area contributed by atoms with Gasteiger partial charge in [0.15, 0.2) is 21.3 Å². The second kappa shape index (κ2) is 5.69. The van der Waals surface area contributed by atoms with Crippen LogP contribution < -0.4 is 9.47 Å². The second-order valence-electron chi connectivity index (χ2n) is 5.63. The van der Waals surface area contributed by atoms with Crippen LogP contribution in [0.5, 0.6) is 11.5 Å². The summed E-state index contributed by atoms with van der Waals surface area (Å²) in [7, 11) is -3.74. The predicted octanol–water partition coefficient (Wildman–Crippen LogP) is 2.63. The molecule has 10 heteroatoms. The van der Waals surface area contributed by atoms with E-state index in [4.69, 9.17) is 4.42 Å². The lowest BCUT2D eigenvalue weighted by atomic mass is 10.2. The first kappa shape index (κ1) is 16.6. The van der Waals surface area contributed by atoms with Gasteiger partial charge in [0, 0.05) is 11.5 Å². The van der Waals surface area contributed by atoms with Crippen LogP contribution in [-0.2, 0) is 21.3 Å². The highest BCUT2D eigenvalue weighted by molar-refractivity contribution is 7.89. The molecule has 7 nitrogen and oxygen atoms in total. The van der Waals surface area contributed by atoms with Crippen LogP contribution in [0.25, 0.3) is 0 Å². The van der Waals surface area contributed by atoms with Gasteiger partial charge in [-0.1, -0.05) is 26.0 Å². The predicted molar refractivity (Wildman–Crippen MR) is 77.4 cm³/mol. The molecule has 0 spiro atoms. The maximum Gasteiger partial charge on any atom is 0.586 e. The fourth-order valence-corrected chi connectivity index (χ4v) is 3.47. The molecule has 0 unspecified atom stereocenters. The Labute approximate surface area is 136 Å². The van der Waals surface area contributed by atoms with Crippen molar-refractivity contribution in [2.75, 3.05) is 0 Å². The van der Waals surface area contributed by atoms with Crippen molar-refractivity contribution in [2.45, 2.75) is 37.6 Å². The molecule has 3 rings (SSSR count). The Kier molecular flexibility index (Phi) is 3.94. The molecule has 2 aromatic rings. The van der Waals surface area contributed by atoms with Crippen molar-refractivity contribution >= 4 is 9.84 Å². The molecule has 0 amide bonds. The molecular formula is C14H14F2N2O5S. The monoisotopic (exact) mass is 360 g/mol. The normalized spacial score (nSPS) is 15.9. The summed E-state index contributed by atoms with van der Waals surface area (Å²) in [6, 6.07) is 4.08. The molecule has 1 aliphatic rings. The van der Waals surface area contributed by atoms with Crippen LogP contribution in [0.3, 0.4) is 0 Å². The molecule has 0 radical (unpaired) electrons. The van der Waals surface area contributed by atoms with E-state index in [9.17, 15) is 17.2 Å². The van der Waals surface area contributed by atoms with Crippen molar-refractivity contribution in [1.82, 2.24) is 10.2 Å². The number of fused-ring (bicyclic) bond motifs is 1. The molecule has 2 heterocycles. The van der Waals surface area contributed by atoms with E-state index < -0.39 is 27.6 Å². The van der Waals surface area contributed by atoms with Gasteiger partial charge < -0.3 is 13.9 Å². The Morgan fingerprint density at radius 2 is 1.92 bits per heavy atom. The van der Waals surface area contributed by atoms with Crippen LogP contribution in [0.15, 0.2) is 22.6 Å². The number of alkyl halides is 2. The molecule has 0 saturated carbocycles. The van der Waals surface area contributed by atoms with Crippen molar-refractivity contribution in [3.63, 3.8) is 0 Å². The average Bonchev–Trinajstić information content (AvgIpc) is 3.01. The highest BCUT2D eigenvalue weighted by Crippen LogP contribution is 2.43. The zero-order chi connectivity index (χ0) is 17.5. The van der Waals surface area contributed by atoms with E-state index in [2.05, 4.69) is 19.7 Å². The van der Waals surface area contributed by atoms with E-state index >= 15 is 0 Å². The van der Waals surface area contributed by atoms with Gasteiger partial charge in [0.25, 0.3) is 0 Å². The zero-order valence-electron chi connectivity index (χ0n) is 12.8. The zero-order valence-corrected chi connectivity index (χ0v) is 13.6. The number of sulfone groups is 1. The molecule has 130 valence electrons. The van der Waals surface area contributed by atoms with Gasteiger partial charge in [-0.05, 0) is 6.07 Å². The summed E-state index contributed by atoms with van der Waals surface area (Å²) in [5, 5.41) is 7.45. The second-order valence-corrected chi connectivity index (χ2v) is 7.70. The van der Waals surface area contributed by atoms with Gasteiger partial charge in [-0.3, -0.25) is 0 Å². The SMILES string of the molecule is CC(C)c1nnc(CS(=O)(=O)Cc2cccc3c2OC(F)(F)O3)o1. The van der Waals surface area contributed by atoms with Gasteiger partial charge in [-0.25, -0.2) is 8.42 Å². The maximum atomic E-state index is 13.1. The lowest BCUT2D eigenvalue weighted by Crippen LogP contribution is -2.26. The first-order valence-electron chi connectivity index (χ1n) is 7.06. The fraction of sp³-hybridized carbons (Fsp3) is 0.429. The highest BCUT2D eigenvalue weighted by Gasteiger charge is 2.44. The first-order chi connectivity index (χ1) is 11.2. The molecule has 1 aromatic carbocycles. The lowest BCUT2D eigenvalue weighted by Gasteiger charge is -2.07. The highest BCUT2D eigenvalue weighted by atomic mass is 32.2. The van der Waals surface area contributed by atoms with E-state index in [1.807, 2.05) is 13.8 Å². The third kappa shape index (κ3) is 3.48. The summed E-state index contributed by atoms with van der Waals surface area (Å²) < 4.78 is 64.9. The van der Waals surface area contributed by atoms with Gasteiger partial charge in [-0.2, -0.15) is 0 Å². The van der Waals surface area contributed by atoms with Crippen molar-refractivity contribution in [2.24, 2.45) is 0 Å². The summed E-state index contributed by atoms with van der Waals surface area (Å²) in [5.74, 6) is -1.24. The molecule has 0 fully saturated rings. The molecule has 0 bridgehead atoms. The largest absolute Gasteiger partial charge is 0.586 e. The Balaban J connectivity index is 1.80. The van der Waals surface area contributed by atoms with E-state index in [-0.39, 0.29) is 28.9 Å². The summed E-state index contributed by atoms with van der Waals surface area (Å²) in [6.45, 7) is 3.66. The maximum absolute atomic E-state index is 13.1. The molecule has 0 atom stereocenters. The number of halogens is 2. The fourth-order valence-electron chi connectivity index (χ4n) is 2.17. The van der Waals surface area contributed by atoms with E-state index in [1.165, 1.54) is 18.2 Å². The van der Waals surface area contributed by atoms with Gasteiger partial charge in [-0.15, -0.1) is 19.0 Å². The van der Waals surface area contributed by atoms with Crippen molar-refractivity contribution in [3.05, 3.63) is 35.5 Å². The van der Waals surface area contributed by atoms with Crippen LogP contribution >= 0.6 is 0 Å². The van der Waals surface area contributed by atoms with Crippen molar-refractivity contribution in [1.29, 1.82) is 0 Å². The molecule has 1 aliphatic heterocycles. The number of benzene rings is 1. The summed E-state index contributed by atoms with van der Waals surface area (Å²) in [4.78, 5) is 0. The lowest BCUT2D eigenvalue weighted by molar-refractivity contribution is -0.286. The first-order valence-corrected chi connectivity index (χ1v) is 8.88. The Morgan fingerprint density at radius 3 is 2.58 bits per heavy atom. The molecule has 1 aromatic heterocycles. The Bertz CT molecular complexity index is 864. The van der Waals surface area contributed by atoms with Crippen molar-refractivity contribution < 1.29 is 31.1 Å². The summed E-state index contributed by atoms with van der Waals surface area (Å²) >= 11 is 0. The van der Waals surface area contributed by atoms with Gasteiger partial charge in [0.2, 0.25) is 11.8 Å². The third-order valence-electron chi connectivity index (χ3n) is 3.21. The molecule has 0 aliphatic carbocycles. The quantitative estimate of drug-likeness (QED) is 0.809. The number of hydrogen-bond acceptors (Lipinski definition) is 7. The summed E-state index contributed by atoms with van der Waals surface area (Å²) in [6.07, 6.45) is -3.80. The minimum absolute atomic E-state index is 0.0286. The van der Waals surface area contributed by atoms with E-state index in [0.29, 0.717) is 5.89 Å². The van der Waals surface area contributed by atoms with Crippen LogP contribution in [-0.4, -0.2) is 24.9 Å². The standard InChI is InChI=1S/C14H14F2N2O5S/c1-8(2)13-18-17-11(21-13)7-24(19,20)6-9-4-3-5-10-12(9)23-14(15,16)22-10/h3-5,8H,6-7H2,1-2H3. The van der Waals surface area contributed by atoms with Crippen LogP contribution in [0, 0.1) is 0 Å². The molecule has 24 heavy (non-hydrogen) atoms. The minimum Gasteiger partial charge on any atom is -0.424 e. The minimum atomic E-state index is -3.80. The Hall–Kier alpha value is -2.23. The van der Waals surface area contributed by atoms with Gasteiger partial charge >= 0.3 is 6.29 Å². The van der Waals surface area contributed by atoms with Crippen LogP contribution in [0.1, 0.15) is 37.1 Å². The van der Waals surface area contributed by atoms with Crippen LogP contribution in [0.2, 0.25) is 0 Å².